The smallest absolute Gasteiger partial charge is 0.413 e. The average Bonchev–Trinajstić information content (AvgIpc) is 2.81. The number of aromatic hydroxyl groups is 1. The first kappa shape index (κ1) is 19.7. The van der Waals surface area contributed by atoms with Crippen molar-refractivity contribution in [3.63, 3.8) is 0 Å². The molecule has 2 N–H and O–H groups in total. The number of hydrogen-bond acceptors (Lipinski definition) is 6. The van der Waals surface area contributed by atoms with Crippen molar-refractivity contribution in [3.8, 4) is 5.75 Å². The van der Waals surface area contributed by atoms with Crippen molar-refractivity contribution < 1.29 is 24.2 Å². The molecule has 26 heavy (non-hydrogen) atoms. The number of nitrogens with zero attached hydrogens (tertiary/aromatic N) is 2. The minimum absolute atomic E-state index is 0.0414. The third-order valence-corrected chi connectivity index (χ3v) is 3.64. The van der Waals surface area contributed by atoms with Crippen LogP contribution in [0.3, 0.4) is 0 Å². The number of carbonyl (C=O) groups excluding carboxylic acids is 2. The van der Waals surface area contributed by atoms with Gasteiger partial charge in [-0.25, -0.2) is 10.2 Å². The van der Waals surface area contributed by atoms with E-state index in [1.807, 2.05) is 0 Å². The quantitative estimate of drug-likeness (QED) is 0.633. The summed E-state index contributed by atoms with van der Waals surface area (Å²) in [5, 5.41) is 13.3. The van der Waals surface area contributed by atoms with Gasteiger partial charge in [-0.1, -0.05) is 12.1 Å². The summed E-state index contributed by atoms with van der Waals surface area (Å²) in [6.07, 6.45) is 0.772. The zero-order valence-electron chi connectivity index (χ0n) is 15.6. The first-order valence-corrected chi connectivity index (χ1v) is 8.28. The van der Waals surface area contributed by atoms with Gasteiger partial charge in [-0.3, -0.25) is 9.69 Å². The number of rotatable bonds is 3. The van der Waals surface area contributed by atoms with Crippen LogP contribution in [0.4, 0.5) is 4.79 Å². The van der Waals surface area contributed by atoms with E-state index in [0.717, 1.165) is 0 Å². The number of hydrogen-bond donors (Lipinski definition) is 2. The molecule has 0 spiro atoms. The lowest BCUT2D eigenvalue weighted by Gasteiger charge is -2.34. The third-order valence-electron chi connectivity index (χ3n) is 3.64. The highest BCUT2D eigenvalue weighted by molar-refractivity contribution is 5.88. The molecule has 0 saturated carbocycles. The van der Waals surface area contributed by atoms with Gasteiger partial charge >= 0.3 is 6.09 Å². The summed E-state index contributed by atoms with van der Waals surface area (Å²) < 4.78 is 11.0. The molecule has 8 heteroatoms. The molecule has 1 unspecified atom stereocenters. The molecule has 0 aliphatic carbocycles. The molecule has 1 saturated heterocycles. The van der Waals surface area contributed by atoms with Gasteiger partial charge in [0.1, 0.15) is 23.1 Å². The van der Waals surface area contributed by atoms with Crippen LogP contribution in [0.5, 0.6) is 5.75 Å². The SMILES string of the molecule is CC(C)(C)OC(=O)N1C(C(=O)N/N=C/c2cccc(O)c2)COC1(C)C. The molecule has 0 radical (unpaired) electrons. The molecule has 1 aromatic carbocycles. The van der Waals surface area contributed by atoms with Crippen molar-refractivity contribution >= 4 is 18.2 Å². The van der Waals surface area contributed by atoms with E-state index in [2.05, 4.69) is 10.5 Å². The zero-order chi connectivity index (χ0) is 19.5. The van der Waals surface area contributed by atoms with Gasteiger partial charge in [0.25, 0.3) is 5.91 Å². The predicted molar refractivity (Wildman–Crippen MR) is 95.7 cm³/mol. The van der Waals surface area contributed by atoms with Crippen molar-refractivity contribution in [1.29, 1.82) is 0 Å². The van der Waals surface area contributed by atoms with E-state index in [0.29, 0.717) is 5.56 Å². The molecule has 1 atom stereocenters. The predicted octanol–water partition coefficient (Wildman–Crippen LogP) is 2.21. The van der Waals surface area contributed by atoms with E-state index in [4.69, 9.17) is 9.47 Å². The van der Waals surface area contributed by atoms with Gasteiger partial charge in [0.15, 0.2) is 0 Å². The van der Waals surface area contributed by atoms with Gasteiger partial charge in [-0.2, -0.15) is 5.10 Å². The van der Waals surface area contributed by atoms with Crippen molar-refractivity contribution in [2.45, 2.75) is 52.0 Å². The Morgan fingerprint density at radius 2 is 2.12 bits per heavy atom. The summed E-state index contributed by atoms with van der Waals surface area (Å²) in [4.78, 5) is 26.2. The molecule has 0 aromatic heterocycles. The Labute approximate surface area is 152 Å². The molecule has 1 aromatic rings. The second-order valence-corrected chi connectivity index (χ2v) is 7.45. The summed E-state index contributed by atoms with van der Waals surface area (Å²) in [6, 6.07) is 5.57. The molecule has 1 aliphatic rings. The molecule has 1 heterocycles. The molecule has 1 fully saturated rings. The molecule has 0 bridgehead atoms. The molecule has 142 valence electrons. The summed E-state index contributed by atoms with van der Waals surface area (Å²) in [7, 11) is 0. The molecule has 8 nitrogen and oxygen atoms in total. The summed E-state index contributed by atoms with van der Waals surface area (Å²) in [5.74, 6) is -0.389. The number of hydrazone groups is 1. The van der Waals surface area contributed by atoms with E-state index >= 15 is 0 Å². The van der Waals surface area contributed by atoms with Crippen LogP contribution in [0.25, 0.3) is 0 Å². The number of ether oxygens (including phenoxy) is 2. The number of carbonyl (C=O) groups is 2. The van der Waals surface area contributed by atoms with Gasteiger partial charge in [-0.05, 0) is 52.3 Å². The maximum Gasteiger partial charge on any atom is 0.413 e. The highest BCUT2D eigenvalue weighted by Gasteiger charge is 2.48. The standard InChI is InChI=1S/C18H25N3O5/c1-17(2,3)26-16(24)21-14(11-25-18(21,4)5)15(23)20-19-10-12-7-6-8-13(22)9-12/h6-10,14,22H,11H2,1-5H3,(H,20,23)/b19-10+. The number of phenols is 1. The molecular formula is C18H25N3O5. The van der Waals surface area contributed by atoms with Crippen LogP contribution in [0.2, 0.25) is 0 Å². The molecule has 1 aliphatic heterocycles. The van der Waals surface area contributed by atoms with Gasteiger partial charge in [0.2, 0.25) is 0 Å². The number of amides is 2. The molecular weight excluding hydrogens is 338 g/mol. The van der Waals surface area contributed by atoms with Crippen LogP contribution >= 0.6 is 0 Å². The Balaban J connectivity index is 2.07. The maximum atomic E-state index is 12.5. The minimum atomic E-state index is -0.973. The van der Waals surface area contributed by atoms with Crippen LogP contribution in [-0.2, 0) is 14.3 Å². The first-order valence-electron chi connectivity index (χ1n) is 8.28. The van der Waals surface area contributed by atoms with Crippen LogP contribution in [0.1, 0.15) is 40.2 Å². The summed E-state index contributed by atoms with van der Waals surface area (Å²) in [6.45, 7) is 8.69. The Morgan fingerprint density at radius 1 is 1.42 bits per heavy atom. The van der Waals surface area contributed by atoms with E-state index in [-0.39, 0.29) is 12.4 Å². The normalized spacial score (nSPS) is 19.6. The number of nitrogens with one attached hydrogen (secondary N) is 1. The van der Waals surface area contributed by atoms with Crippen molar-refractivity contribution in [2.24, 2.45) is 5.10 Å². The zero-order valence-corrected chi connectivity index (χ0v) is 15.6. The van der Waals surface area contributed by atoms with Crippen LogP contribution < -0.4 is 5.43 Å². The summed E-state index contributed by atoms with van der Waals surface area (Å²) in [5.41, 5.74) is 1.36. The van der Waals surface area contributed by atoms with Crippen molar-refractivity contribution in [3.05, 3.63) is 29.8 Å². The lowest BCUT2D eigenvalue weighted by molar-refractivity contribution is -0.126. The van der Waals surface area contributed by atoms with E-state index < -0.39 is 29.4 Å². The number of benzene rings is 1. The van der Waals surface area contributed by atoms with Crippen molar-refractivity contribution in [2.75, 3.05) is 6.61 Å². The van der Waals surface area contributed by atoms with E-state index in [1.165, 1.54) is 23.2 Å². The largest absolute Gasteiger partial charge is 0.508 e. The highest BCUT2D eigenvalue weighted by Crippen LogP contribution is 2.29. The van der Waals surface area contributed by atoms with Crippen LogP contribution in [0.15, 0.2) is 29.4 Å². The fourth-order valence-electron chi connectivity index (χ4n) is 2.50. The topological polar surface area (TPSA) is 100 Å². The average molecular weight is 363 g/mol. The monoisotopic (exact) mass is 363 g/mol. The van der Waals surface area contributed by atoms with Crippen LogP contribution in [-0.4, -0.2) is 52.2 Å². The van der Waals surface area contributed by atoms with Crippen LogP contribution in [0, 0.1) is 0 Å². The van der Waals surface area contributed by atoms with Gasteiger partial charge in [0, 0.05) is 0 Å². The second-order valence-electron chi connectivity index (χ2n) is 7.45. The minimum Gasteiger partial charge on any atom is -0.508 e. The first-order chi connectivity index (χ1) is 12.0. The molecule has 2 rings (SSSR count). The lowest BCUT2D eigenvalue weighted by atomic mass is 10.2. The Hall–Kier alpha value is -2.61. The van der Waals surface area contributed by atoms with Crippen molar-refractivity contribution in [1.82, 2.24) is 10.3 Å². The van der Waals surface area contributed by atoms with E-state index in [9.17, 15) is 14.7 Å². The Kier molecular flexibility index (Phi) is 5.56. The lowest BCUT2D eigenvalue weighted by Crippen LogP contribution is -2.54. The Bertz CT molecular complexity index is 709. The van der Waals surface area contributed by atoms with Gasteiger partial charge in [0.05, 0.1) is 12.8 Å². The third kappa shape index (κ3) is 4.95. The summed E-state index contributed by atoms with van der Waals surface area (Å²) >= 11 is 0. The maximum absolute atomic E-state index is 12.5. The Morgan fingerprint density at radius 3 is 2.73 bits per heavy atom. The fourth-order valence-corrected chi connectivity index (χ4v) is 2.50. The highest BCUT2D eigenvalue weighted by atomic mass is 16.6. The second kappa shape index (κ2) is 7.33. The van der Waals surface area contributed by atoms with E-state index in [1.54, 1.807) is 46.8 Å². The fraction of sp³-hybridized carbons (Fsp3) is 0.500. The van der Waals surface area contributed by atoms with Gasteiger partial charge < -0.3 is 14.6 Å². The molecule has 2 amide bonds. The van der Waals surface area contributed by atoms with Gasteiger partial charge in [-0.15, -0.1) is 0 Å². The number of phenolic OH excluding ortho intramolecular Hbond substituents is 1.